The molecular formula is C15H12BrF3N2. The quantitative estimate of drug-likeness (QED) is 0.739. The van der Waals surface area contributed by atoms with Crippen LogP contribution in [-0.2, 0) is 12.7 Å². The molecule has 2 aromatic carbocycles. The summed E-state index contributed by atoms with van der Waals surface area (Å²) in [6, 6.07) is 12.3. The van der Waals surface area contributed by atoms with E-state index in [4.69, 9.17) is 5.41 Å². The van der Waals surface area contributed by atoms with E-state index in [1.807, 2.05) is 18.2 Å². The molecule has 0 amide bonds. The molecule has 0 unspecified atom stereocenters. The summed E-state index contributed by atoms with van der Waals surface area (Å²) in [5, 5.41) is 10.7. The van der Waals surface area contributed by atoms with Gasteiger partial charge in [-0.15, -0.1) is 0 Å². The monoisotopic (exact) mass is 356 g/mol. The molecule has 2 aromatic rings. The molecule has 110 valence electrons. The molecular weight excluding hydrogens is 345 g/mol. The third-order valence-corrected chi connectivity index (χ3v) is 3.35. The number of anilines is 1. The standard InChI is InChI=1S/C15H12BrF3N2/c16-14(20)12-3-1-2-4-13(12)21-9-10-5-7-11(8-6-10)15(17,18)19/h1-8,20-21H,9H2. The first-order valence-electron chi connectivity index (χ1n) is 6.11. The van der Waals surface area contributed by atoms with Crippen molar-refractivity contribution in [2.45, 2.75) is 12.7 Å². The molecule has 0 fully saturated rings. The second-order valence-electron chi connectivity index (χ2n) is 4.41. The number of nitrogens with one attached hydrogen (secondary N) is 2. The molecule has 0 heterocycles. The highest BCUT2D eigenvalue weighted by atomic mass is 79.9. The van der Waals surface area contributed by atoms with E-state index >= 15 is 0 Å². The smallest absolute Gasteiger partial charge is 0.380 e. The van der Waals surface area contributed by atoms with Crippen molar-refractivity contribution < 1.29 is 13.2 Å². The van der Waals surface area contributed by atoms with E-state index in [1.165, 1.54) is 12.1 Å². The number of rotatable bonds is 4. The van der Waals surface area contributed by atoms with Crippen LogP contribution in [0.5, 0.6) is 0 Å². The highest BCUT2D eigenvalue weighted by molar-refractivity contribution is 9.18. The van der Waals surface area contributed by atoms with Crippen LogP contribution in [0.25, 0.3) is 0 Å². The number of para-hydroxylation sites is 1. The molecule has 0 saturated carbocycles. The van der Waals surface area contributed by atoms with E-state index in [9.17, 15) is 13.2 Å². The normalized spacial score (nSPS) is 11.2. The highest BCUT2D eigenvalue weighted by Crippen LogP contribution is 2.29. The van der Waals surface area contributed by atoms with Gasteiger partial charge in [0.2, 0.25) is 0 Å². The summed E-state index contributed by atoms with van der Waals surface area (Å²) >= 11 is 3.11. The minimum atomic E-state index is -4.32. The molecule has 0 saturated heterocycles. The lowest BCUT2D eigenvalue weighted by Gasteiger charge is -2.11. The van der Waals surface area contributed by atoms with Crippen molar-refractivity contribution >= 4 is 26.2 Å². The van der Waals surface area contributed by atoms with Crippen molar-refractivity contribution in [3.8, 4) is 0 Å². The average molecular weight is 357 g/mol. The molecule has 0 atom stereocenters. The fraction of sp³-hybridized carbons (Fsp3) is 0.133. The molecule has 2 nitrogen and oxygen atoms in total. The Morgan fingerprint density at radius 2 is 1.67 bits per heavy atom. The lowest BCUT2D eigenvalue weighted by molar-refractivity contribution is -0.137. The summed E-state index contributed by atoms with van der Waals surface area (Å²) in [7, 11) is 0. The van der Waals surface area contributed by atoms with E-state index in [0.717, 1.165) is 23.4 Å². The van der Waals surface area contributed by atoms with Gasteiger partial charge in [-0.1, -0.05) is 30.3 Å². The lowest BCUT2D eigenvalue weighted by atomic mass is 10.1. The van der Waals surface area contributed by atoms with Gasteiger partial charge >= 0.3 is 6.18 Å². The lowest BCUT2D eigenvalue weighted by Crippen LogP contribution is -2.06. The predicted molar refractivity (Wildman–Crippen MR) is 81.0 cm³/mol. The van der Waals surface area contributed by atoms with E-state index in [2.05, 4.69) is 21.2 Å². The topological polar surface area (TPSA) is 35.9 Å². The molecule has 0 aliphatic heterocycles. The van der Waals surface area contributed by atoms with Crippen LogP contribution in [0.2, 0.25) is 0 Å². The van der Waals surface area contributed by atoms with Crippen molar-refractivity contribution in [1.82, 2.24) is 0 Å². The van der Waals surface area contributed by atoms with Crippen molar-refractivity contribution in [2.75, 3.05) is 5.32 Å². The van der Waals surface area contributed by atoms with E-state index in [-0.39, 0.29) is 4.62 Å². The van der Waals surface area contributed by atoms with Gasteiger partial charge in [0.25, 0.3) is 0 Å². The zero-order valence-corrected chi connectivity index (χ0v) is 12.4. The van der Waals surface area contributed by atoms with Crippen LogP contribution < -0.4 is 5.32 Å². The predicted octanol–water partition coefficient (Wildman–Crippen LogP) is 5.04. The molecule has 2 rings (SSSR count). The molecule has 0 spiro atoms. The van der Waals surface area contributed by atoms with Crippen molar-refractivity contribution in [2.24, 2.45) is 0 Å². The Kier molecular flexibility index (Phi) is 4.67. The Bertz CT molecular complexity index is 636. The van der Waals surface area contributed by atoms with Gasteiger partial charge in [0.15, 0.2) is 0 Å². The van der Waals surface area contributed by atoms with Crippen molar-refractivity contribution in [1.29, 1.82) is 5.41 Å². The molecule has 0 aliphatic carbocycles. The maximum absolute atomic E-state index is 12.5. The van der Waals surface area contributed by atoms with Crippen LogP contribution in [0, 0.1) is 5.41 Å². The summed E-state index contributed by atoms with van der Waals surface area (Å²) in [6.07, 6.45) is -4.32. The maximum Gasteiger partial charge on any atom is 0.416 e. The number of alkyl halides is 3. The van der Waals surface area contributed by atoms with Gasteiger partial charge in [-0.05, 0) is 39.7 Å². The van der Waals surface area contributed by atoms with Crippen LogP contribution in [0.15, 0.2) is 48.5 Å². The van der Waals surface area contributed by atoms with Gasteiger partial charge in [0, 0.05) is 17.8 Å². The van der Waals surface area contributed by atoms with Gasteiger partial charge in [-0.3, -0.25) is 5.41 Å². The van der Waals surface area contributed by atoms with Crippen LogP contribution in [-0.4, -0.2) is 4.62 Å². The zero-order chi connectivity index (χ0) is 15.5. The third kappa shape index (κ3) is 4.07. The van der Waals surface area contributed by atoms with E-state index in [1.54, 1.807) is 6.07 Å². The van der Waals surface area contributed by atoms with Gasteiger partial charge in [0.05, 0.1) is 5.56 Å². The van der Waals surface area contributed by atoms with Gasteiger partial charge in [-0.2, -0.15) is 13.2 Å². The molecule has 21 heavy (non-hydrogen) atoms. The van der Waals surface area contributed by atoms with Gasteiger partial charge in [-0.25, -0.2) is 0 Å². The average Bonchev–Trinajstić information content (AvgIpc) is 2.45. The molecule has 0 radical (unpaired) electrons. The first-order chi connectivity index (χ1) is 9.88. The van der Waals surface area contributed by atoms with Gasteiger partial charge < -0.3 is 5.32 Å². The third-order valence-electron chi connectivity index (χ3n) is 2.93. The Balaban J connectivity index is 2.09. The summed E-state index contributed by atoms with van der Waals surface area (Å²) in [5.74, 6) is 0. The van der Waals surface area contributed by atoms with Gasteiger partial charge in [0.1, 0.15) is 4.62 Å². The van der Waals surface area contributed by atoms with E-state index in [0.29, 0.717) is 12.1 Å². The van der Waals surface area contributed by atoms with Crippen LogP contribution >= 0.6 is 15.9 Å². The fourth-order valence-electron chi connectivity index (χ4n) is 1.84. The first-order valence-corrected chi connectivity index (χ1v) is 6.90. The Hall–Kier alpha value is -1.82. The largest absolute Gasteiger partial charge is 0.416 e. The molecule has 0 aliphatic rings. The number of halogens is 4. The Morgan fingerprint density at radius 3 is 2.24 bits per heavy atom. The summed E-state index contributed by atoms with van der Waals surface area (Å²) in [5.41, 5.74) is 1.52. The Morgan fingerprint density at radius 1 is 1.05 bits per heavy atom. The maximum atomic E-state index is 12.5. The molecule has 2 N–H and O–H groups in total. The van der Waals surface area contributed by atoms with Crippen LogP contribution in [0.1, 0.15) is 16.7 Å². The number of hydrogen-bond acceptors (Lipinski definition) is 2. The zero-order valence-electron chi connectivity index (χ0n) is 10.8. The number of hydrogen-bond donors (Lipinski definition) is 2. The SMILES string of the molecule is N=C(Br)c1ccccc1NCc1ccc(C(F)(F)F)cc1. The summed E-state index contributed by atoms with van der Waals surface area (Å²) in [6.45, 7) is 0.384. The fourth-order valence-corrected chi connectivity index (χ4v) is 2.18. The Labute approximate surface area is 128 Å². The molecule has 0 aromatic heterocycles. The summed E-state index contributed by atoms with van der Waals surface area (Å²) < 4.78 is 37.7. The molecule has 6 heteroatoms. The minimum absolute atomic E-state index is 0.248. The number of benzene rings is 2. The first kappa shape index (κ1) is 15.6. The highest BCUT2D eigenvalue weighted by Gasteiger charge is 2.29. The van der Waals surface area contributed by atoms with E-state index < -0.39 is 11.7 Å². The second-order valence-corrected chi connectivity index (χ2v) is 5.20. The minimum Gasteiger partial charge on any atom is -0.380 e. The van der Waals surface area contributed by atoms with Crippen LogP contribution in [0.3, 0.4) is 0 Å². The van der Waals surface area contributed by atoms with Crippen molar-refractivity contribution in [3.05, 3.63) is 65.2 Å². The second kappa shape index (κ2) is 6.30. The van der Waals surface area contributed by atoms with Crippen LogP contribution in [0.4, 0.5) is 18.9 Å². The summed E-state index contributed by atoms with van der Waals surface area (Å²) in [4.78, 5) is 0. The van der Waals surface area contributed by atoms with Crippen molar-refractivity contribution in [3.63, 3.8) is 0 Å². The molecule has 0 bridgehead atoms.